The van der Waals surface area contributed by atoms with Gasteiger partial charge in [-0.05, 0) is 50.6 Å². The summed E-state index contributed by atoms with van der Waals surface area (Å²) < 4.78 is 12.0. The summed E-state index contributed by atoms with van der Waals surface area (Å²) in [7, 11) is 0. The van der Waals surface area contributed by atoms with Gasteiger partial charge in [0.1, 0.15) is 6.61 Å². The predicted molar refractivity (Wildman–Crippen MR) is 135 cm³/mol. The van der Waals surface area contributed by atoms with E-state index in [1.165, 1.54) is 5.56 Å². The molecule has 0 radical (unpaired) electrons. The lowest BCUT2D eigenvalue weighted by molar-refractivity contribution is 0.0476. The summed E-state index contributed by atoms with van der Waals surface area (Å²) in [5.74, 6) is 1.43. The fourth-order valence-corrected chi connectivity index (χ4v) is 4.52. The summed E-state index contributed by atoms with van der Waals surface area (Å²) in [5.41, 5.74) is 5.65. The molecule has 0 saturated carbocycles. The van der Waals surface area contributed by atoms with Gasteiger partial charge in [0, 0.05) is 17.5 Å². The maximum Gasteiger partial charge on any atom is 0.254 e. The Bertz CT molecular complexity index is 1360. The molecule has 172 valence electrons. The first-order valence-electron chi connectivity index (χ1n) is 11.7. The normalized spacial score (nSPS) is 14.7. The molecule has 34 heavy (non-hydrogen) atoms. The molecule has 0 fully saturated rings. The van der Waals surface area contributed by atoms with E-state index in [4.69, 9.17) is 14.5 Å². The second-order valence-electron chi connectivity index (χ2n) is 8.73. The Hall–Kier alpha value is -3.86. The van der Waals surface area contributed by atoms with Crippen LogP contribution in [0.4, 0.5) is 0 Å². The van der Waals surface area contributed by atoms with E-state index in [9.17, 15) is 4.79 Å². The average molecular weight is 453 g/mol. The van der Waals surface area contributed by atoms with Crippen molar-refractivity contribution in [3.8, 4) is 22.8 Å². The Morgan fingerprint density at radius 3 is 2.56 bits per heavy atom. The van der Waals surface area contributed by atoms with Crippen molar-refractivity contribution in [1.29, 1.82) is 0 Å². The number of fused-ring (bicyclic) bond motifs is 2. The largest absolute Gasteiger partial charge is 0.486 e. The van der Waals surface area contributed by atoms with Crippen LogP contribution in [0.2, 0.25) is 0 Å². The SMILES string of the molecule is CCN(C[C@H]1COc2ccccc2O1)C(=O)c1cc(-c2ccc(C)cc2C)nc2ccccc12. The van der Waals surface area contributed by atoms with E-state index in [0.29, 0.717) is 31.0 Å². The molecule has 0 bridgehead atoms. The Morgan fingerprint density at radius 1 is 1.00 bits per heavy atom. The number of carbonyl (C=O) groups excluding carboxylic acids is 1. The molecule has 1 atom stereocenters. The molecule has 1 aliphatic rings. The lowest BCUT2D eigenvalue weighted by atomic mass is 9.99. The minimum Gasteiger partial charge on any atom is -0.486 e. The standard InChI is InChI=1S/C29H28N2O3/c1-4-31(17-21-18-33-27-11-7-8-12-28(27)34-21)29(32)24-16-26(22-14-13-19(2)15-20(22)3)30-25-10-6-5-9-23(24)25/h5-16,21H,4,17-18H2,1-3H3/t21-/m0/s1. The van der Waals surface area contributed by atoms with Gasteiger partial charge in [0.05, 0.1) is 23.3 Å². The van der Waals surface area contributed by atoms with Gasteiger partial charge >= 0.3 is 0 Å². The van der Waals surface area contributed by atoms with Gasteiger partial charge in [-0.2, -0.15) is 0 Å². The van der Waals surface area contributed by atoms with Crippen LogP contribution in [0.5, 0.6) is 11.5 Å². The third-order valence-corrected chi connectivity index (χ3v) is 6.26. The van der Waals surface area contributed by atoms with Gasteiger partial charge in [-0.15, -0.1) is 0 Å². The first-order valence-corrected chi connectivity index (χ1v) is 11.7. The van der Waals surface area contributed by atoms with E-state index in [1.54, 1.807) is 0 Å². The molecule has 1 aromatic heterocycles. The van der Waals surface area contributed by atoms with Crippen LogP contribution in [0.25, 0.3) is 22.2 Å². The number of hydrogen-bond donors (Lipinski definition) is 0. The van der Waals surface area contributed by atoms with E-state index >= 15 is 0 Å². The number of pyridine rings is 1. The van der Waals surface area contributed by atoms with Crippen molar-refractivity contribution < 1.29 is 14.3 Å². The number of ether oxygens (including phenoxy) is 2. The molecule has 0 N–H and O–H groups in total. The second-order valence-corrected chi connectivity index (χ2v) is 8.73. The highest BCUT2D eigenvalue weighted by Crippen LogP contribution is 2.32. The number of nitrogens with zero attached hydrogens (tertiary/aromatic N) is 2. The van der Waals surface area contributed by atoms with E-state index in [0.717, 1.165) is 33.5 Å². The monoisotopic (exact) mass is 452 g/mol. The first kappa shape index (κ1) is 22.0. The number of para-hydroxylation sites is 3. The van der Waals surface area contributed by atoms with Gasteiger partial charge in [-0.3, -0.25) is 4.79 Å². The van der Waals surface area contributed by atoms with Crippen molar-refractivity contribution in [3.05, 3.63) is 89.5 Å². The molecular formula is C29H28N2O3. The Kier molecular flexibility index (Phi) is 5.93. The van der Waals surface area contributed by atoms with Crippen LogP contribution in [0.3, 0.4) is 0 Å². The molecule has 5 rings (SSSR count). The number of carbonyl (C=O) groups is 1. The van der Waals surface area contributed by atoms with Crippen molar-refractivity contribution in [3.63, 3.8) is 0 Å². The van der Waals surface area contributed by atoms with Gasteiger partial charge < -0.3 is 14.4 Å². The third-order valence-electron chi connectivity index (χ3n) is 6.26. The van der Waals surface area contributed by atoms with E-state index < -0.39 is 0 Å². The molecule has 0 aliphatic carbocycles. The fourth-order valence-electron chi connectivity index (χ4n) is 4.52. The van der Waals surface area contributed by atoms with Crippen molar-refractivity contribution in [1.82, 2.24) is 9.88 Å². The zero-order chi connectivity index (χ0) is 23.7. The summed E-state index contributed by atoms with van der Waals surface area (Å²) in [6.45, 7) is 7.57. The Labute approximate surface area is 200 Å². The van der Waals surface area contributed by atoms with Gasteiger partial charge in [0.2, 0.25) is 0 Å². The van der Waals surface area contributed by atoms with Gasteiger partial charge in [0.25, 0.3) is 5.91 Å². The Balaban J connectivity index is 1.49. The lowest BCUT2D eigenvalue weighted by Crippen LogP contribution is -2.43. The van der Waals surface area contributed by atoms with Crippen LogP contribution in [0.15, 0.2) is 72.8 Å². The molecular weight excluding hydrogens is 424 g/mol. The number of likely N-dealkylation sites (N-methyl/N-ethyl adjacent to an activating group) is 1. The predicted octanol–water partition coefficient (Wildman–Crippen LogP) is 5.82. The summed E-state index contributed by atoms with van der Waals surface area (Å²) in [5, 5.41) is 0.852. The van der Waals surface area contributed by atoms with Crippen LogP contribution >= 0.6 is 0 Å². The van der Waals surface area contributed by atoms with Crippen LogP contribution < -0.4 is 9.47 Å². The number of aryl methyl sites for hydroxylation is 2. The maximum atomic E-state index is 13.8. The van der Waals surface area contributed by atoms with Crippen LogP contribution in [0.1, 0.15) is 28.4 Å². The van der Waals surface area contributed by atoms with E-state index in [1.807, 2.05) is 66.4 Å². The molecule has 5 nitrogen and oxygen atoms in total. The summed E-state index contributed by atoms with van der Waals surface area (Å²) >= 11 is 0. The number of aromatic nitrogens is 1. The third kappa shape index (κ3) is 4.21. The zero-order valence-corrected chi connectivity index (χ0v) is 19.7. The average Bonchev–Trinajstić information content (AvgIpc) is 2.86. The minimum absolute atomic E-state index is 0.0328. The highest BCUT2D eigenvalue weighted by Gasteiger charge is 2.26. The molecule has 0 saturated heterocycles. The maximum absolute atomic E-state index is 13.8. The zero-order valence-electron chi connectivity index (χ0n) is 19.7. The number of rotatable bonds is 5. The van der Waals surface area contributed by atoms with E-state index in [2.05, 4.69) is 32.0 Å². The molecule has 4 aromatic rings. The van der Waals surface area contributed by atoms with Gasteiger partial charge in [0.15, 0.2) is 17.6 Å². The molecule has 1 aliphatic heterocycles. The fraction of sp³-hybridized carbons (Fsp3) is 0.241. The van der Waals surface area contributed by atoms with Crippen molar-refractivity contribution >= 4 is 16.8 Å². The lowest BCUT2D eigenvalue weighted by Gasteiger charge is -2.31. The van der Waals surface area contributed by atoms with Gasteiger partial charge in [-0.1, -0.05) is 54.1 Å². The highest BCUT2D eigenvalue weighted by molar-refractivity contribution is 6.07. The molecule has 2 heterocycles. The van der Waals surface area contributed by atoms with Gasteiger partial charge in [-0.25, -0.2) is 4.98 Å². The smallest absolute Gasteiger partial charge is 0.254 e. The molecule has 0 unspecified atom stereocenters. The summed E-state index contributed by atoms with van der Waals surface area (Å²) in [6, 6.07) is 23.7. The first-order chi connectivity index (χ1) is 16.5. The number of hydrogen-bond acceptors (Lipinski definition) is 4. The quantitative estimate of drug-likeness (QED) is 0.383. The second kappa shape index (κ2) is 9.18. The molecule has 5 heteroatoms. The topological polar surface area (TPSA) is 51.7 Å². The summed E-state index contributed by atoms with van der Waals surface area (Å²) in [4.78, 5) is 20.6. The molecule has 3 aromatic carbocycles. The van der Waals surface area contributed by atoms with E-state index in [-0.39, 0.29) is 12.0 Å². The number of amides is 1. The van der Waals surface area contributed by atoms with Crippen LogP contribution in [-0.4, -0.2) is 41.6 Å². The summed E-state index contributed by atoms with van der Waals surface area (Å²) in [6.07, 6.45) is -0.231. The molecule has 1 amide bonds. The Morgan fingerprint density at radius 2 is 1.76 bits per heavy atom. The van der Waals surface area contributed by atoms with Crippen LogP contribution in [0, 0.1) is 13.8 Å². The van der Waals surface area contributed by atoms with Crippen molar-refractivity contribution in [2.45, 2.75) is 26.9 Å². The number of benzene rings is 3. The van der Waals surface area contributed by atoms with Crippen molar-refractivity contribution in [2.75, 3.05) is 19.7 Å². The highest BCUT2D eigenvalue weighted by atomic mass is 16.6. The molecule has 0 spiro atoms. The van der Waals surface area contributed by atoms with Crippen LogP contribution in [-0.2, 0) is 0 Å². The minimum atomic E-state index is -0.231. The van der Waals surface area contributed by atoms with Crippen molar-refractivity contribution in [2.24, 2.45) is 0 Å².